The van der Waals surface area contributed by atoms with Crippen molar-refractivity contribution in [3.63, 3.8) is 0 Å². The molecule has 0 saturated carbocycles. The molecule has 0 bridgehead atoms. The molecule has 9 heteroatoms. The third kappa shape index (κ3) is 1.87. The first-order valence-corrected chi connectivity index (χ1v) is 7.65. The monoisotopic (exact) mass is 236 g/mol. The molecule has 0 aromatic carbocycles. The van der Waals surface area contributed by atoms with E-state index in [1.807, 2.05) is 0 Å². The van der Waals surface area contributed by atoms with E-state index in [2.05, 4.69) is 8.37 Å². The summed E-state index contributed by atoms with van der Waals surface area (Å²) in [5.74, 6) is -6.08. The van der Waals surface area contributed by atoms with Crippen LogP contribution in [-0.2, 0) is 18.8 Å². The maximum Gasteiger partial charge on any atom is 0.404 e. The Hall–Kier alpha value is -0.123. The van der Waals surface area contributed by atoms with Crippen molar-refractivity contribution < 1.29 is 30.0 Å². The summed E-state index contributed by atoms with van der Waals surface area (Å²) in [7, 11) is -7.97. The van der Waals surface area contributed by atoms with Gasteiger partial charge in [0.1, 0.15) is 0 Å². The first-order valence-electron chi connectivity index (χ1n) is 3.24. The molecule has 1 heterocycles. The second kappa shape index (κ2) is 2.68. The lowest BCUT2D eigenvalue weighted by atomic mass is 11.4. The smallest absolute Gasteiger partial charge is 0.219 e. The molecule has 1 fully saturated rings. The van der Waals surface area contributed by atoms with Crippen molar-refractivity contribution in [2.75, 3.05) is 0 Å². The molecule has 0 aromatic heterocycles. The average Bonchev–Trinajstić information content (AvgIpc) is 1.79. The van der Waals surface area contributed by atoms with Crippen molar-refractivity contribution in [1.29, 1.82) is 0 Å². The Balaban J connectivity index is 2.75. The van der Waals surface area contributed by atoms with E-state index in [-0.39, 0.29) is 0 Å². The van der Waals surface area contributed by atoms with Gasteiger partial charge in [-0.25, -0.2) is 8.37 Å². The van der Waals surface area contributed by atoms with Gasteiger partial charge in [-0.1, -0.05) is 13.1 Å². The molecule has 0 spiro atoms. The average molecular weight is 236 g/mol. The molecular formula is C4H7F3O4SSi. The van der Waals surface area contributed by atoms with Crippen LogP contribution in [0.1, 0.15) is 0 Å². The Morgan fingerprint density at radius 3 is 1.85 bits per heavy atom. The molecule has 1 aliphatic heterocycles. The number of hydrogen-bond acceptors (Lipinski definition) is 4. The Labute approximate surface area is 74.0 Å². The fourth-order valence-corrected chi connectivity index (χ4v) is 3.94. The molecule has 0 aliphatic carbocycles. The van der Waals surface area contributed by atoms with Gasteiger partial charge in [0.2, 0.25) is 8.07 Å². The minimum absolute atomic E-state index is 0.937. The van der Waals surface area contributed by atoms with Crippen molar-refractivity contribution in [2.45, 2.75) is 24.8 Å². The quantitative estimate of drug-likeness (QED) is 0.636. The van der Waals surface area contributed by atoms with Gasteiger partial charge in [-0.2, -0.15) is 21.6 Å². The van der Waals surface area contributed by atoms with Crippen LogP contribution in [0.5, 0.6) is 0 Å². The van der Waals surface area contributed by atoms with E-state index in [9.17, 15) is 21.6 Å². The van der Waals surface area contributed by atoms with E-state index >= 15 is 0 Å². The number of hydrogen-bond donors (Lipinski definition) is 0. The lowest BCUT2D eigenvalue weighted by molar-refractivity contribution is -0.0893. The molecule has 1 rings (SSSR count). The molecule has 0 radical (unpaired) electrons. The first kappa shape index (κ1) is 11.0. The highest BCUT2D eigenvalue weighted by molar-refractivity contribution is 7.83. The third-order valence-electron chi connectivity index (χ3n) is 1.73. The zero-order valence-corrected chi connectivity index (χ0v) is 8.57. The summed E-state index contributed by atoms with van der Waals surface area (Å²) in [5.41, 5.74) is 0. The molecule has 1 saturated heterocycles. The molecule has 0 N–H and O–H groups in total. The molecule has 0 amide bonds. The van der Waals surface area contributed by atoms with Crippen molar-refractivity contribution >= 4 is 18.5 Å². The van der Waals surface area contributed by atoms with Crippen LogP contribution < -0.4 is 0 Å². The van der Waals surface area contributed by atoms with Gasteiger partial charge in [-0.3, -0.25) is 0 Å². The second-order valence-electron chi connectivity index (χ2n) is 3.15. The molecular weight excluding hydrogens is 229 g/mol. The number of halogens is 3. The van der Waals surface area contributed by atoms with Crippen LogP contribution in [0.4, 0.5) is 13.2 Å². The Bertz CT molecular complexity index is 296. The van der Waals surface area contributed by atoms with Gasteiger partial charge in [0, 0.05) is 0 Å². The van der Waals surface area contributed by atoms with Gasteiger partial charge < -0.3 is 0 Å². The van der Waals surface area contributed by atoms with Gasteiger partial charge >= 0.3 is 16.2 Å². The van der Waals surface area contributed by atoms with E-state index < -0.39 is 30.2 Å². The molecule has 0 aromatic rings. The summed E-state index contributed by atoms with van der Waals surface area (Å²) in [4.78, 5) is 0. The van der Waals surface area contributed by atoms with Gasteiger partial charge in [0.05, 0.1) is 0 Å². The minimum atomic E-state index is -4.44. The molecule has 0 unspecified atom stereocenters. The van der Waals surface area contributed by atoms with Gasteiger partial charge in [0.25, 0.3) is 0 Å². The van der Waals surface area contributed by atoms with Gasteiger partial charge in [0.15, 0.2) is 5.91 Å². The number of rotatable bonds is 1. The SMILES string of the molecule is C[Si](C)(C1OS(=O)(=O)O1)C(F)(F)F. The Morgan fingerprint density at radius 1 is 1.23 bits per heavy atom. The van der Waals surface area contributed by atoms with Crippen LogP contribution in [0.3, 0.4) is 0 Å². The molecule has 0 atom stereocenters. The van der Waals surface area contributed by atoms with Crippen LogP contribution in [0, 0.1) is 0 Å². The standard InChI is InChI=1S/C4H7F3O4SSi/c1-13(2,4(5,6)7)3-10-12(8,9)11-3/h3H,1-2H3. The third-order valence-corrected chi connectivity index (χ3v) is 5.77. The van der Waals surface area contributed by atoms with Crippen molar-refractivity contribution in [3.05, 3.63) is 0 Å². The second-order valence-corrected chi connectivity index (χ2v) is 8.84. The lowest BCUT2D eigenvalue weighted by Gasteiger charge is -2.36. The van der Waals surface area contributed by atoms with Crippen LogP contribution in [0.2, 0.25) is 13.1 Å². The van der Waals surface area contributed by atoms with Gasteiger partial charge in [-0.05, 0) is 0 Å². The van der Waals surface area contributed by atoms with E-state index in [1.54, 1.807) is 0 Å². The summed E-state index contributed by atoms with van der Waals surface area (Å²) >= 11 is 0. The highest BCUT2D eigenvalue weighted by Crippen LogP contribution is 2.37. The topological polar surface area (TPSA) is 52.6 Å². The summed E-state index contributed by atoms with van der Waals surface area (Å²) in [5, 5.41) is 0. The van der Waals surface area contributed by atoms with E-state index in [1.165, 1.54) is 0 Å². The summed E-state index contributed by atoms with van der Waals surface area (Å²) in [6, 6.07) is 0. The van der Waals surface area contributed by atoms with Crippen molar-refractivity contribution in [3.8, 4) is 0 Å². The maximum absolute atomic E-state index is 12.3. The number of alkyl halides is 3. The Kier molecular flexibility index (Phi) is 2.26. The largest absolute Gasteiger partial charge is 0.404 e. The summed E-state index contributed by atoms with van der Waals surface area (Å²) < 4.78 is 65.4. The zero-order valence-electron chi connectivity index (χ0n) is 6.75. The fraction of sp³-hybridized carbons (Fsp3) is 1.00. The fourth-order valence-electron chi connectivity index (χ4n) is 0.595. The van der Waals surface area contributed by atoms with Crippen molar-refractivity contribution in [2.24, 2.45) is 0 Å². The van der Waals surface area contributed by atoms with Crippen LogP contribution in [0.25, 0.3) is 0 Å². The zero-order chi connectivity index (χ0) is 10.5. The Morgan fingerprint density at radius 2 is 1.62 bits per heavy atom. The predicted octanol–water partition coefficient (Wildman–Crippen LogP) is 0.953. The van der Waals surface area contributed by atoms with Crippen LogP contribution in [0.15, 0.2) is 0 Å². The van der Waals surface area contributed by atoms with Crippen LogP contribution >= 0.6 is 0 Å². The van der Waals surface area contributed by atoms with E-state index in [4.69, 9.17) is 0 Å². The predicted molar refractivity (Wildman–Crippen MR) is 38.4 cm³/mol. The van der Waals surface area contributed by atoms with Crippen molar-refractivity contribution in [1.82, 2.24) is 0 Å². The highest BCUT2D eigenvalue weighted by atomic mass is 32.3. The molecule has 1 aliphatic rings. The highest BCUT2D eigenvalue weighted by Gasteiger charge is 2.62. The normalized spacial score (nSPS) is 24.1. The van der Waals surface area contributed by atoms with E-state index in [0.717, 1.165) is 13.1 Å². The summed E-state index contributed by atoms with van der Waals surface area (Å²) in [6.07, 6.45) is 0. The van der Waals surface area contributed by atoms with Gasteiger partial charge in [-0.15, -0.1) is 0 Å². The maximum atomic E-state index is 12.3. The minimum Gasteiger partial charge on any atom is -0.219 e. The van der Waals surface area contributed by atoms with Crippen LogP contribution in [-0.4, -0.2) is 28.2 Å². The molecule has 13 heavy (non-hydrogen) atoms. The molecule has 4 nitrogen and oxygen atoms in total. The lowest BCUT2D eigenvalue weighted by Crippen LogP contribution is -2.62. The molecule has 78 valence electrons. The van der Waals surface area contributed by atoms with E-state index in [0.29, 0.717) is 0 Å². The summed E-state index contributed by atoms with van der Waals surface area (Å²) in [6.45, 7) is 1.87. The first-order chi connectivity index (χ1) is 5.56.